The van der Waals surface area contributed by atoms with Crippen LogP contribution >= 0.6 is 11.3 Å². The van der Waals surface area contributed by atoms with Gasteiger partial charge in [0.05, 0.1) is 5.69 Å². The Morgan fingerprint density at radius 1 is 1.10 bits per heavy atom. The van der Waals surface area contributed by atoms with Gasteiger partial charge in [-0.05, 0) is 67.3 Å². The number of hydrogen-bond acceptors (Lipinski definition) is 4. The highest BCUT2D eigenvalue weighted by atomic mass is 32.1. The minimum absolute atomic E-state index is 0.0681. The molecule has 1 heterocycles. The maximum absolute atomic E-state index is 12.2. The fourth-order valence-electron chi connectivity index (χ4n) is 2.77. The van der Waals surface area contributed by atoms with E-state index in [9.17, 15) is 13.6 Å². The van der Waals surface area contributed by atoms with E-state index in [1.54, 1.807) is 18.2 Å². The van der Waals surface area contributed by atoms with Gasteiger partial charge in [0, 0.05) is 17.0 Å². The predicted octanol–water partition coefficient (Wildman–Crippen LogP) is 5.99. The summed E-state index contributed by atoms with van der Waals surface area (Å²) < 4.78 is 28.6. The van der Waals surface area contributed by atoms with Gasteiger partial charge in [0.1, 0.15) is 5.75 Å². The van der Waals surface area contributed by atoms with Crippen molar-refractivity contribution < 1.29 is 18.3 Å². The highest BCUT2D eigenvalue weighted by Crippen LogP contribution is 2.29. The monoisotopic (exact) mass is 414 g/mol. The lowest BCUT2D eigenvalue weighted by Gasteiger charge is -2.07. The van der Waals surface area contributed by atoms with Crippen molar-refractivity contribution in [2.75, 3.05) is 5.32 Å². The van der Waals surface area contributed by atoms with Crippen molar-refractivity contribution in [3.63, 3.8) is 0 Å². The first kappa shape index (κ1) is 20.7. The minimum Gasteiger partial charge on any atom is -0.435 e. The topological polar surface area (TPSA) is 51.2 Å². The van der Waals surface area contributed by atoms with Gasteiger partial charge in [0.2, 0.25) is 5.91 Å². The number of benzene rings is 2. The molecule has 1 N–H and O–H groups in total. The molecule has 7 heteroatoms. The van der Waals surface area contributed by atoms with Crippen LogP contribution in [-0.4, -0.2) is 17.5 Å². The number of rotatable bonds is 6. The van der Waals surface area contributed by atoms with Gasteiger partial charge in [-0.3, -0.25) is 10.1 Å². The van der Waals surface area contributed by atoms with E-state index in [-0.39, 0.29) is 11.7 Å². The number of anilines is 1. The normalized spacial score (nSPS) is 11.2. The average molecular weight is 414 g/mol. The van der Waals surface area contributed by atoms with Gasteiger partial charge in [-0.15, -0.1) is 11.3 Å². The van der Waals surface area contributed by atoms with E-state index in [1.807, 2.05) is 12.3 Å². The highest BCUT2D eigenvalue weighted by molar-refractivity contribution is 7.14. The Kier molecular flexibility index (Phi) is 6.39. The lowest BCUT2D eigenvalue weighted by Crippen LogP contribution is -2.07. The first-order chi connectivity index (χ1) is 13.8. The van der Waals surface area contributed by atoms with Crippen LogP contribution in [0.15, 0.2) is 47.9 Å². The molecular weight excluding hydrogens is 394 g/mol. The number of ether oxygens (including phenoxy) is 1. The summed E-state index contributed by atoms with van der Waals surface area (Å²) >= 11 is 1.36. The van der Waals surface area contributed by atoms with Gasteiger partial charge in [0.15, 0.2) is 5.13 Å². The quantitative estimate of drug-likeness (QED) is 0.504. The van der Waals surface area contributed by atoms with Crippen molar-refractivity contribution in [2.45, 2.75) is 27.4 Å². The summed E-state index contributed by atoms with van der Waals surface area (Å²) in [6.07, 6.45) is 2.95. The van der Waals surface area contributed by atoms with Gasteiger partial charge in [-0.25, -0.2) is 4.98 Å². The van der Waals surface area contributed by atoms with E-state index in [2.05, 4.69) is 41.0 Å². The maximum atomic E-state index is 12.2. The number of amides is 1. The summed E-state index contributed by atoms with van der Waals surface area (Å²) in [6.45, 7) is 3.31. The van der Waals surface area contributed by atoms with Gasteiger partial charge >= 0.3 is 6.61 Å². The van der Waals surface area contributed by atoms with Crippen LogP contribution in [0.5, 0.6) is 5.75 Å². The first-order valence-electron chi connectivity index (χ1n) is 8.89. The summed E-state index contributed by atoms with van der Waals surface area (Å²) in [5.74, 6) is -0.255. The molecule has 0 aliphatic carbocycles. The van der Waals surface area contributed by atoms with Crippen LogP contribution in [-0.2, 0) is 4.79 Å². The van der Waals surface area contributed by atoms with Crippen LogP contribution < -0.4 is 10.1 Å². The third kappa shape index (κ3) is 5.48. The number of aryl methyl sites for hydroxylation is 3. The Labute approximate surface area is 171 Å². The van der Waals surface area contributed by atoms with Crippen LogP contribution in [0.25, 0.3) is 17.3 Å². The molecule has 0 aliphatic heterocycles. The maximum Gasteiger partial charge on any atom is 0.387 e. The summed E-state index contributed by atoms with van der Waals surface area (Å²) in [5.41, 5.74) is 6.12. The van der Waals surface area contributed by atoms with Crippen LogP contribution in [0.2, 0.25) is 0 Å². The number of carbonyl (C=O) groups excluding carboxylic acids is 1. The molecule has 0 aliphatic rings. The van der Waals surface area contributed by atoms with Crippen molar-refractivity contribution in [3.05, 3.63) is 70.1 Å². The molecule has 1 amide bonds. The molecular formula is C22H20F2N2O2S. The molecule has 0 saturated carbocycles. The summed E-state index contributed by atoms with van der Waals surface area (Å²) in [5, 5.41) is 5.17. The molecule has 2 aromatic carbocycles. The highest BCUT2D eigenvalue weighted by Gasteiger charge is 2.10. The molecule has 150 valence electrons. The van der Waals surface area contributed by atoms with Gasteiger partial charge in [-0.2, -0.15) is 8.78 Å². The number of nitrogens with one attached hydrogen (secondary N) is 1. The number of thiazole rings is 1. The molecule has 0 radical (unpaired) electrons. The fraction of sp³-hybridized carbons (Fsp3) is 0.182. The van der Waals surface area contributed by atoms with E-state index in [0.717, 1.165) is 16.8 Å². The number of carbonyl (C=O) groups is 1. The predicted molar refractivity (Wildman–Crippen MR) is 112 cm³/mol. The van der Waals surface area contributed by atoms with Crippen molar-refractivity contribution in [2.24, 2.45) is 0 Å². The van der Waals surface area contributed by atoms with Crippen molar-refractivity contribution >= 4 is 28.5 Å². The molecule has 3 aromatic rings. The molecule has 0 saturated heterocycles. The molecule has 0 spiro atoms. The number of hydrogen-bond donors (Lipinski definition) is 1. The number of aromatic nitrogens is 1. The summed E-state index contributed by atoms with van der Waals surface area (Å²) in [4.78, 5) is 16.7. The van der Waals surface area contributed by atoms with E-state index in [1.165, 1.54) is 40.7 Å². The Bertz CT molecular complexity index is 1040. The average Bonchev–Trinajstić information content (AvgIpc) is 3.12. The van der Waals surface area contributed by atoms with Crippen molar-refractivity contribution in [3.8, 4) is 17.0 Å². The number of nitrogens with zero attached hydrogens (tertiary/aromatic N) is 1. The molecule has 3 rings (SSSR count). The fourth-order valence-corrected chi connectivity index (χ4v) is 3.48. The second kappa shape index (κ2) is 8.96. The van der Waals surface area contributed by atoms with Crippen LogP contribution in [0.4, 0.5) is 13.9 Å². The lowest BCUT2D eigenvalue weighted by atomic mass is 9.99. The SMILES string of the molecule is Cc1cc(C)c(-c2csc(NC(=O)/C=C/c3ccc(OC(F)F)cc3)n2)cc1C. The Morgan fingerprint density at radius 3 is 2.48 bits per heavy atom. The second-order valence-corrected chi connectivity index (χ2v) is 7.42. The zero-order valence-electron chi connectivity index (χ0n) is 16.2. The zero-order valence-corrected chi connectivity index (χ0v) is 17.0. The van der Waals surface area contributed by atoms with Crippen LogP contribution in [0.3, 0.4) is 0 Å². The van der Waals surface area contributed by atoms with Gasteiger partial charge < -0.3 is 4.74 Å². The molecule has 0 atom stereocenters. The summed E-state index contributed by atoms with van der Waals surface area (Å²) in [7, 11) is 0. The third-order valence-corrected chi connectivity index (χ3v) is 5.14. The zero-order chi connectivity index (χ0) is 21.0. The van der Waals surface area contributed by atoms with E-state index < -0.39 is 6.61 Å². The van der Waals surface area contributed by atoms with Gasteiger partial charge in [-0.1, -0.05) is 18.2 Å². The van der Waals surface area contributed by atoms with Crippen LogP contribution in [0, 0.1) is 20.8 Å². The largest absolute Gasteiger partial charge is 0.435 e. The molecule has 0 unspecified atom stereocenters. The molecule has 0 bridgehead atoms. The van der Waals surface area contributed by atoms with E-state index >= 15 is 0 Å². The Hall–Kier alpha value is -3.06. The smallest absolute Gasteiger partial charge is 0.387 e. The standard InChI is InChI=1S/C22H20F2N2O2S/c1-13-10-15(3)18(11-14(13)2)19-12-29-22(25-19)26-20(27)9-6-16-4-7-17(8-5-16)28-21(23)24/h4-12,21H,1-3H3,(H,25,26,27)/b9-6+. The minimum atomic E-state index is -2.86. The van der Waals surface area contributed by atoms with Crippen LogP contribution in [0.1, 0.15) is 22.3 Å². The number of alkyl halides is 2. The molecule has 29 heavy (non-hydrogen) atoms. The van der Waals surface area contributed by atoms with Crippen molar-refractivity contribution in [1.82, 2.24) is 4.98 Å². The van der Waals surface area contributed by atoms with E-state index in [4.69, 9.17) is 0 Å². The second-order valence-electron chi connectivity index (χ2n) is 6.56. The Morgan fingerprint density at radius 2 is 1.79 bits per heavy atom. The summed E-state index contributed by atoms with van der Waals surface area (Å²) in [6, 6.07) is 10.2. The molecule has 1 aromatic heterocycles. The lowest BCUT2D eigenvalue weighted by molar-refractivity contribution is -0.111. The Balaban J connectivity index is 1.64. The first-order valence-corrected chi connectivity index (χ1v) is 9.77. The number of halogens is 2. The molecule has 4 nitrogen and oxygen atoms in total. The third-order valence-electron chi connectivity index (χ3n) is 4.38. The van der Waals surface area contributed by atoms with Crippen molar-refractivity contribution in [1.29, 1.82) is 0 Å². The van der Waals surface area contributed by atoms with E-state index in [0.29, 0.717) is 10.7 Å². The molecule has 0 fully saturated rings. The van der Waals surface area contributed by atoms with Gasteiger partial charge in [0.25, 0.3) is 0 Å².